The van der Waals surface area contributed by atoms with E-state index >= 15 is 0 Å². The monoisotopic (exact) mass is 195 g/mol. The molecule has 15 heavy (non-hydrogen) atoms. The van der Waals surface area contributed by atoms with Crippen molar-refractivity contribution in [2.24, 2.45) is 0 Å². The van der Waals surface area contributed by atoms with Gasteiger partial charge in [-0.25, -0.2) is 0 Å². The fraction of sp³-hybridized carbons (Fsp3) is 0.143. The van der Waals surface area contributed by atoms with Gasteiger partial charge in [0.25, 0.3) is 0 Å². The average Bonchev–Trinajstić information content (AvgIpc) is 2.74. The van der Waals surface area contributed by atoms with Gasteiger partial charge in [-0.05, 0) is 23.6 Å². The molecule has 0 bridgehead atoms. The van der Waals surface area contributed by atoms with E-state index in [1.165, 1.54) is 16.8 Å². The highest BCUT2D eigenvalue weighted by atomic mass is 14.9. The lowest BCUT2D eigenvalue weighted by molar-refractivity contribution is 0.824. The summed E-state index contributed by atoms with van der Waals surface area (Å²) in [5.41, 5.74) is 4.08. The zero-order valence-electron chi connectivity index (χ0n) is 8.48. The summed E-state index contributed by atoms with van der Waals surface area (Å²) >= 11 is 0. The smallest absolute Gasteiger partial charge is 0.0555 e. The van der Waals surface area contributed by atoms with Crippen molar-refractivity contribution in [2.45, 2.75) is 12.5 Å². The van der Waals surface area contributed by atoms with Gasteiger partial charge < -0.3 is 5.32 Å². The summed E-state index contributed by atoms with van der Waals surface area (Å²) in [6, 6.07) is 19.6. The molecule has 1 atom stereocenters. The summed E-state index contributed by atoms with van der Waals surface area (Å²) in [7, 11) is 0. The van der Waals surface area contributed by atoms with Gasteiger partial charge in [0.15, 0.2) is 0 Å². The predicted molar refractivity (Wildman–Crippen MR) is 63.0 cm³/mol. The minimum absolute atomic E-state index is 0.448. The van der Waals surface area contributed by atoms with E-state index in [1.807, 2.05) is 0 Å². The molecule has 0 saturated carbocycles. The molecule has 0 fully saturated rings. The highest BCUT2D eigenvalue weighted by Gasteiger charge is 2.20. The van der Waals surface area contributed by atoms with Crippen LogP contribution >= 0.6 is 0 Å². The second-order valence-electron chi connectivity index (χ2n) is 3.97. The number of anilines is 1. The Morgan fingerprint density at radius 2 is 1.60 bits per heavy atom. The van der Waals surface area contributed by atoms with Crippen molar-refractivity contribution >= 4 is 5.69 Å². The first-order valence-corrected chi connectivity index (χ1v) is 5.33. The van der Waals surface area contributed by atoms with Crippen LogP contribution in [-0.2, 0) is 6.42 Å². The van der Waals surface area contributed by atoms with E-state index in [0.717, 1.165) is 6.42 Å². The van der Waals surface area contributed by atoms with E-state index in [4.69, 9.17) is 0 Å². The van der Waals surface area contributed by atoms with Crippen LogP contribution < -0.4 is 5.32 Å². The van der Waals surface area contributed by atoms with Gasteiger partial charge in [0.1, 0.15) is 0 Å². The quantitative estimate of drug-likeness (QED) is 0.735. The molecule has 3 rings (SSSR count). The van der Waals surface area contributed by atoms with E-state index in [9.17, 15) is 0 Å². The third-order valence-electron chi connectivity index (χ3n) is 2.97. The van der Waals surface area contributed by atoms with Crippen LogP contribution in [0.25, 0.3) is 0 Å². The highest BCUT2D eigenvalue weighted by molar-refractivity contribution is 5.57. The molecule has 1 aliphatic heterocycles. The average molecular weight is 195 g/mol. The standard InChI is InChI=1S/C14H13N/c1-2-6-11(7-3-1)14-10-12-8-4-5-9-13(12)15-14/h1-9,14-15H,10H2/t14-/m1/s1. The molecular weight excluding hydrogens is 182 g/mol. The third-order valence-corrected chi connectivity index (χ3v) is 2.97. The van der Waals surface area contributed by atoms with Crippen molar-refractivity contribution in [3.8, 4) is 0 Å². The van der Waals surface area contributed by atoms with Crippen LogP contribution in [0.15, 0.2) is 54.6 Å². The van der Waals surface area contributed by atoms with Gasteiger partial charge in [0.2, 0.25) is 0 Å². The lowest BCUT2D eigenvalue weighted by atomic mass is 10.0. The molecule has 2 aromatic rings. The fourth-order valence-corrected chi connectivity index (χ4v) is 2.18. The molecule has 0 radical (unpaired) electrons. The Morgan fingerprint density at radius 3 is 2.40 bits per heavy atom. The number of nitrogens with one attached hydrogen (secondary N) is 1. The van der Waals surface area contributed by atoms with Crippen molar-refractivity contribution in [1.29, 1.82) is 0 Å². The summed E-state index contributed by atoms with van der Waals surface area (Å²) in [4.78, 5) is 0. The van der Waals surface area contributed by atoms with E-state index < -0.39 is 0 Å². The summed E-state index contributed by atoms with van der Waals surface area (Å²) in [5.74, 6) is 0. The number of benzene rings is 2. The Hall–Kier alpha value is -1.76. The summed E-state index contributed by atoms with van der Waals surface area (Å²) in [6.45, 7) is 0. The zero-order chi connectivity index (χ0) is 10.1. The molecule has 0 saturated heterocycles. The zero-order valence-corrected chi connectivity index (χ0v) is 8.48. The summed E-state index contributed by atoms with van der Waals surface area (Å²) in [5, 5.41) is 3.55. The van der Waals surface area contributed by atoms with Gasteiger partial charge in [-0.15, -0.1) is 0 Å². The molecule has 0 aliphatic carbocycles. The molecule has 1 heterocycles. The van der Waals surface area contributed by atoms with Gasteiger partial charge in [-0.3, -0.25) is 0 Å². The maximum atomic E-state index is 3.55. The first-order chi connectivity index (χ1) is 7.43. The Labute approximate surface area is 89.8 Å². The number of para-hydroxylation sites is 1. The van der Waals surface area contributed by atoms with Crippen molar-refractivity contribution in [3.63, 3.8) is 0 Å². The molecule has 2 aromatic carbocycles. The Balaban J connectivity index is 1.91. The first-order valence-electron chi connectivity index (χ1n) is 5.33. The van der Waals surface area contributed by atoms with Gasteiger partial charge in [-0.1, -0.05) is 48.5 Å². The predicted octanol–water partition coefficient (Wildman–Crippen LogP) is 3.40. The Kier molecular flexibility index (Phi) is 1.95. The molecule has 1 N–H and O–H groups in total. The second kappa shape index (κ2) is 3.43. The molecule has 1 heteroatoms. The van der Waals surface area contributed by atoms with Crippen LogP contribution in [0.4, 0.5) is 5.69 Å². The van der Waals surface area contributed by atoms with Crippen molar-refractivity contribution in [2.75, 3.05) is 5.32 Å². The molecule has 0 unspecified atom stereocenters. The highest BCUT2D eigenvalue weighted by Crippen LogP contribution is 2.33. The van der Waals surface area contributed by atoms with Gasteiger partial charge >= 0.3 is 0 Å². The molecular formula is C14H13N. The minimum atomic E-state index is 0.448. The maximum Gasteiger partial charge on any atom is 0.0555 e. The summed E-state index contributed by atoms with van der Waals surface area (Å²) < 4.78 is 0. The molecule has 74 valence electrons. The van der Waals surface area contributed by atoms with E-state index in [2.05, 4.69) is 59.9 Å². The van der Waals surface area contributed by atoms with Crippen LogP contribution in [0, 0.1) is 0 Å². The third kappa shape index (κ3) is 1.50. The SMILES string of the molecule is c1ccc([C@H]2Cc3ccccc3N2)cc1. The minimum Gasteiger partial charge on any atom is -0.378 e. The van der Waals surface area contributed by atoms with Crippen LogP contribution in [0.5, 0.6) is 0 Å². The number of hydrogen-bond donors (Lipinski definition) is 1. The van der Waals surface area contributed by atoms with Gasteiger partial charge in [0.05, 0.1) is 6.04 Å². The van der Waals surface area contributed by atoms with Crippen molar-refractivity contribution in [3.05, 3.63) is 65.7 Å². The molecule has 0 spiro atoms. The fourth-order valence-electron chi connectivity index (χ4n) is 2.18. The Morgan fingerprint density at radius 1 is 0.867 bits per heavy atom. The lowest BCUT2D eigenvalue weighted by Gasteiger charge is -2.10. The van der Waals surface area contributed by atoms with E-state index in [1.54, 1.807) is 0 Å². The second-order valence-corrected chi connectivity index (χ2v) is 3.97. The lowest BCUT2D eigenvalue weighted by Crippen LogP contribution is -2.04. The van der Waals surface area contributed by atoms with Crippen LogP contribution in [0.2, 0.25) is 0 Å². The van der Waals surface area contributed by atoms with Gasteiger partial charge in [-0.2, -0.15) is 0 Å². The number of hydrogen-bond acceptors (Lipinski definition) is 1. The number of rotatable bonds is 1. The number of fused-ring (bicyclic) bond motifs is 1. The maximum absolute atomic E-state index is 3.55. The first kappa shape index (κ1) is 8.54. The van der Waals surface area contributed by atoms with Crippen LogP contribution in [0.3, 0.4) is 0 Å². The topological polar surface area (TPSA) is 12.0 Å². The van der Waals surface area contributed by atoms with Gasteiger partial charge in [0, 0.05) is 5.69 Å². The van der Waals surface area contributed by atoms with Crippen LogP contribution in [0.1, 0.15) is 17.2 Å². The normalized spacial score (nSPS) is 18.3. The van der Waals surface area contributed by atoms with Crippen LogP contribution in [-0.4, -0.2) is 0 Å². The van der Waals surface area contributed by atoms with E-state index in [-0.39, 0.29) is 0 Å². The van der Waals surface area contributed by atoms with Crippen molar-refractivity contribution in [1.82, 2.24) is 0 Å². The molecule has 0 amide bonds. The summed E-state index contributed by atoms with van der Waals surface area (Å²) in [6.07, 6.45) is 1.10. The largest absolute Gasteiger partial charge is 0.378 e. The van der Waals surface area contributed by atoms with Crippen molar-refractivity contribution < 1.29 is 0 Å². The molecule has 0 aromatic heterocycles. The molecule has 1 aliphatic rings. The van der Waals surface area contributed by atoms with E-state index in [0.29, 0.717) is 6.04 Å². The Bertz CT molecular complexity index is 437. The molecule has 1 nitrogen and oxygen atoms in total.